The summed E-state index contributed by atoms with van der Waals surface area (Å²) in [4.78, 5) is 11.6. The molecule has 0 heterocycles. The molecule has 1 aromatic carbocycles. The SMILES string of the molecule is COC(=O)[C@@H](NCc1ccc(Cl)c(Br)c1)C(C)C. The lowest BCUT2D eigenvalue weighted by molar-refractivity contribution is -0.144. The standard InChI is InChI=1S/C13H17BrClNO2/c1-8(2)12(13(17)18-3)16-7-9-4-5-11(15)10(14)6-9/h4-6,8,12,16H,7H2,1-3H3/t12-/m0/s1. The molecule has 0 fully saturated rings. The average Bonchev–Trinajstić information content (AvgIpc) is 2.33. The first kappa shape index (κ1) is 15.5. The van der Waals surface area contributed by atoms with Gasteiger partial charge in [-0.15, -0.1) is 0 Å². The summed E-state index contributed by atoms with van der Waals surface area (Å²) in [5.74, 6) is -0.0637. The Morgan fingerprint density at radius 1 is 1.50 bits per heavy atom. The first-order chi connectivity index (χ1) is 8.45. The molecule has 100 valence electrons. The minimum absolute atomic E-state index is 0.174. The molecule has 0 aliphatic rings. The van der Waals surface area contributed by atoms with Gasteiger partial charge in [0.2, 0.25) is 0 Å². The zero-order valence-electron chi connectivity index (χ0n) is 10.7. The summed E-state index contributed by atoms with van der Waals surface area (Å²) in [6, 6.07) is 5.38. The minimum atomic E-state index is -0.301. The van der Waals surface area contributed by atoms with Crippen LogP contribution in [0.1, 0.15) is 19.4 Å². The Kier molecular flexibility index (Phi) is 6.12. The highest BCUT2D eigenvalue weighted by Crippen LogP contribution is 2.23. The van der Waals surface area contributed by atoms with Crippen molar-refractivity contribution in [1.29, 1.82) is 0 Å². The molecule has 0 radical (unpaired) electrons. The van der Waals surface area contributed by atoms with E-state index in [0.717, 1.165) is 10.0 Å². The lowest BCUT2D eigenvalue weighted by Crippen LogP contribution is -2.41. The fourth-order valence-corrected chi connectivity index (χ4v) is 2.14. The first-order valence-corrected chi connectivity index (χ1v) is 6.88. The van der Waals surface area contributed by atoms with Crippen LogP contribution >= 0.6 is 27.5 Å². The van der Waals surface area contributed by atoms with E-state index in [0.29, 0.717) is 11.6 Å². The molecule has 0 bridgehead atoms. The van der Waals surface area contributed by atoms with Gasteiger partial charge in [-0.05, 0) is 39.5 Å². The smallest absolute Gasteiger partial charge is 0.323 e. The number of carbonyl (C=O) groups excluding carboxylic acids is 1. The molecule has 0 aromatic heterocycles. The molecular weight excluding hydrogens is 318 g/mol. The monoisotopic (exact) mass is 333 g/mol. The van der Waals surface area contributed by atoms with Crippen LogP contribution < -0.4 is 5.32 Å². The van der Waals surface area contributed by atoms with E-state index in [-0.39, 0.29) is 17.9 Å². The topological polar surface area (TPSA) is 38.3 Å². The molecule has 0 unspecified atom stereocenters. The van der Waals surface area contributed by atoms with Crippen LogP contribution in [-0.2, 0) is 16.1 Å². The Labute approximate surface area is 121 Å². The number of hydrogen-bond acceptors (Lipinski definition) is 3. The number of halogens is 2. The molecule has 0 saturated carbocycles. The Bertz CT molecular complexity index is 423. The molecule has 0 amide bonds. The van der Waals surface area contributed by atoms with E-state index in [2.05, 4.69) is 21.2 Å². The summed E-state index contributed by atoms with van der Waals surface area (Å²) in [6.07, 6.45) is 0. The third-order valence-electron chi connectivity index (χ3n) is 2.63. The number of methoxy groups -OCH3 is 1. The summed E-state index contributed by atoms with van der Waals surface area (Å²) >= 11 is 9.30. The van der Waals surface area contributed by atoms with E-state index in [1.54, 1.807) is 0 Å². The van der Waals surface area contributed by atoms with Crippen LogP contribution in [0, 0.1) is 5.92 Å². The zero-order chi connectivity index (χ0) is 13.7. The zero-order valence-corrected chi connectivity index (χ0v) is 13.0. The Morgan fingerprint density at radius 2 is 2.17 bits per heavy atom. The second-order valence-corrected chi connectivity index (χ2v) is 5.64. The normalized spacial score (nSPS) is 12.6. The van der Waals surface area contributed by atoms with Crippen molar-refractivity contribution in [2.45, 2.75) is 26.4 Å². The van der Waals surface area contributed by atoms with Crippen molar-refractivity contribution in [1.82, 2.24) is 5.32 Å². The van der Waals surface area contributed by atoms with Gasteiger partial charge in [0.15, 0.2) is 0 Å². The average molecular weight is 335 g/mol. The summed E-state index contributed by atoms with van der Waals surface area (Å²) in [7, 11) is 1.40. The lowest BCUT2D eigenvalue weighted by Gasteiger charge is -2.20. The van der Waals surface area contributed by atoms with Gasteiger partial charge in [-0.1, -0.05) is 31.5 Å². The maximum absolute atomic E-state index is 11.6. The van der Waals surface area contributed by atoms with Crippen molar-refractivity contribution in [3.8, 4) is 0 Å². The van der Waals surface area contributed by atoms with Crippen molar-refractivity contribution < 1.29 is 9.53 Å². The number of nitrogens with one attached hydrogen (secondary N) is 1. The van der Waals surface area contributed by atoms with Gasteiger partial charge >= 0.3 is 5.97 Å². The molecule has 0 saturated heterocycles. The fraction of sp³-hybridized carbons (Fsp3) is 0.462. The molecule has 3 nitrogen and oxygen atoms in total. The molecule has 0 aliphatic carbocycles. The van der Waals surface area contributed by atoms with Crippen LogP contribution in [0.2, 0.25) is 5.02 Å². The molecule has 1 aromatic rings. The number of benzene rings is 1. The van der Waals surface area contributed by atoms with E-state index in [1.807, 2.05) is 32.0 Å². The van der Waals surface area contributed by atoms with Crippen molar-refractivity contribution >= 4 is 33.5 Å². The van der Waals surface area contributed by atoms with Gasteiger partial charge in [-0.3, -0.25) is 4.79 Å². The molecule has 1 N–H and O–H groups in total. The maximum atomic E-state index is 11.6. The van der Waals surface area contributed by atoms with Crippen LogP contribution in [0.15, 0.2) is 22.7 Å². The van der Waals surface area contributed by atoms with E-state index in [9.17, 15) is 4.79 Å². The van der Waals surface area contributed by atoms with Crippen molar-refractivity contribution in [3.05, 3.63) is 33.3 Å². The van der Waals surface area contributed by atoms with E-state index in [4.69, 9.17) is 16.3 Å². The van der Waals surface area contributed by atoms with Gasteiger partial charge in [-0.25, -0.2) is 0 Å². The molecule has 5 heteroatoms. The third-order valence-corrected chi connectivity index (χ3v) is 3.85. The molecule has 0 spiro atoms. The maximum Gasteiger partial charge on any atom is 0.323 e. The van der Waals surface area contributed by atoms with Gasteiger partial charge in [0, 0.05) is 11.0 Å². The summed E-state index contributed by atoms with van der Waals surface area (Å²) < 4.78 is 5.62. The minimum Gasteiger partial charge on any atom is -0.468 e. The van der Waals surface area contributed by atoms with Crippen molar-refractivity contribution in [2.75, 3.05) is 7.11 Å². The number of carbonyl (C=O) groups is 1. The predicted octanol–water partition coefficient (Wildman–Crippen LogP) is 3.39. The van der Waals surface area contributed by atoms with Crippen molar-refractivity contribution in [2.24, 2.45) is 5.92 Å². The van der Waals surface area contributed by atoms with E-state index >= 15 is 0 Å². The highest BCUT2D eigenvalue weighted by molar-refractivity contribution is 9.10. The van der Waals surface area contributed by atoms with Crippen LogP contribution in [0.4, 0.5) is 0 Å². The Hall–Kier alpha value is -0.580. The van der Waals surface area contributed by atoms with Crippen LogP contribution in [-0.4, -0.2) is 19.1 Å². The Balaban J connectivity index is 2.67. The number of rotatable bonds is 5. The second kappa shape index (κ2) is 7.12. The van der Waals surface area contributed by atoms with Gasteiger partial charge in [0.25, 0.3) is 0 Å². The van der Waals surface area contributed by atoms with Crippen LogP contribution in [0.3, 0.4) is 0 Å². The number of esters is 1. The van der Waals surface area contributed by atoms with Gasteiger partial charge in [0.1, 0.15) is 6.04 Å². The second-order valence-electron chi connectivity index (χ2n) is 4.37. The van der Waals surface area contributed by atoms with Crippen molar-refractivity contribution in [3.63, 3.8) is 0 Å². The highest BCUT2D eigenvalue weighted by atomic mass is 79.9. The molecular formula is C13H17BrClNO2. The fourth-order valence-electron chi connectivity index (χ4n) is 1.60. The van der Waals surface area contributed by atoms with E-state index < -0.39 is 0 Å². The Morgan fingerprint density at radius 3 is 2.67 bits per heavy atom. The van der Waals surface area contributed by atoms with Gasteiger partial charge in [-0.2, -0.15) is 0 Å². The molecule has 1 rings (SSSR count). The summed E-state index contributed by atoms with van der Waals surface area (Å²) in [5, 5.41) is 3.87. The van der Waals surface area contributed by atoms with Crippen LogP contribution in [0.25, 0.3) is 0 Å². The van der Waals surface area contributed by atoms with Gasteiger partial charge in [0.05, 0.1) is 12.1 Å². The number of ether oxygens (including phenoxy) is 1. The molecule has 18 heavy (non-hydrogen) atoms. The molecule has 0 aliphatic heterocycles. The van der Waals surface area contributed by atoms with Crippen LogP contribution in [0.5, 0.6) is 0 Å². The van der Waals surface area contributed by atoms with Gasteiger partial charge < -0.3 is 10.1 Å². The summed E-state index contributed by atoms with van der Waals surface area (Å²) in [6.45, 7) is 4.55. The first-order valence-electron chi connectivity index (χ1n) is 5.70. The number of hydrogen-bond donors (Lipinski definition) is 1. The summed E-state index contributed by atoms with van der Waals surface area (Å²) in [5.41, 5.74) is 1.06. The predicted molar refractivity (Wildman–Crippen MR) is 76.6 cm³/mol. The third kappa shape index (κ3) is 4.26. The lowest BCUT2D eigenvalue weighted by atomic mass is 10.0. The highest BCUT2D eigenvalue weighted by Gasteiger charge is 2.22. The molecule has 1 atom stereocenters. The quantitative estimate of drug-likeness (QED) is 0.839. The largest absolute Gasteiger partial charge is 0.468 e. The van der Waals surface area contributed by atoms with E-state index in [1.165, 1.54) is 7.11 Å².